The van der Waals surface area contributed by atoms with Crippen LogP contribution < -0.4 is 20.4 Å². The third kappa shape index (κ3) is 3.57. The number of aromatic nitrogens is 4. The maximum Gasteiger partial charge on any atom is 0.147 e. The summed E-state index contributed by atoms with van der Waals surface area (Å²) in [6.45, 7) is 15.4. The molecule has 0 aliphatic carbocycles. The van der Waals surface area contributed by atoms with E-state index < -0.39 is 0 Å². The molecule has 182 valence electrons. The summed E-state index contributed by atoms with van der Waals surface area (Å²) in [5.74, 6) is 4.20. The van der Waals surface area contributed by atoms with Gasteiger partial charge < -0.3 is 20.4 Å². The number of rotatable bonds is 5. The third-order valence-electron chi connectivity index (χ3n) is 9.01. The summed E-state index contributed by atoms with van der Waals surface area (Å²) < 4.78 is 0. The van der Waals surface area contributed by atoms with E-state index in [1.54, 1.807) is 0 Å². The molecule has 2 aromatic heterocycles. The van der Waals surface area contributed by atoms with E-state index in [-0.39, 0.29) is 5.41 Å². The first-order valence-corrected chi connectivity index (χ1v) is 13.0. The zero-order valence-electron chi connectivity index (χ0n) is 20.9. The predicted octanol–water partition coefficient (Wildman–Crippen LogP) is 2.19. The van der Waals surface area contributed by atoms with Gasteiger partial charge >= 0.3 is 0 Å². The number of nitrogens with one attached hydrogen (secondary N) is 2. The zero-order chi connectivity index (χ0) is 23.4. The number of hydrogen-bond donors (Lipinski definition) is 2. The highest BCUT2D eigenvalue weighted by Gasteiger charge is 2.51. The fourth-order valence-corrected chi connectivity index (χ4v) is 6.86. The average molecular weight is 463 g/mol. The molecular weight excluding hydrogens is 424 g/mol. The Bertz CT molecular complexity index is 1040. The van der Waals surface area contributed by atoms with Crippen LogP contribution >= 0.6 is 0 Å². The molecule has 0 spiro atoms. The summed E-state index contributed by atoms with van der Waals surface area (Å²) in [6.07, 6.45) is 9.06. The first-order valence-electron chi connectivity index (χ1n) is 13.0. The van der Waals surface area contributed by atoms with Crippen molar-refractivity contribution < 1.29 is 0 Å². The highest BCUT2D eigenvalue weighted by atomic mass is 15.3. The molecule has 6 heterocycles. The second-order valence-corrected chi connectivity index (χ2v) is 11.6. The van der Waals surface area contributed by atoms with Crippen LogP contribution in [0.1, 0.15) is 51.4 Å². The highest BCUT2D eigenvalue weighted by molar-refractivity contribution is 5.45. The molecule has 4 fully saturated rings. The van der Waals surface area contributed by atoms with Crippen molar-refractivity contribution in [3.8, 4) is 0 Å². The average Bonchev–Trinajstić information content (AvgIpc) is 3.60. The van der Waals surface area contributed by atoms with Crippen molar-refractivity contribution in [2.75, 3.05) is 49.1 Å². The molecule has 34 heavy (non-hydrogen) atoms. The van der Waals surface area contributed by atoms with E-state index in [2.05, 4.69) is 53.1 Å². The van der Waals surface area contributed by atoms with Crippen LogP contribution in [0.4, 0.5) is 11.6 Å². The van der Waals surface area contributed by atoms with Crippen LogP contribution in [-0.2, 0) is 5.41 Å². The minimum atomic E-state index is -0.0944. The number of hydrogen-bond acceptors (Lipinski definition) is 8. The van der Waals surface area contributed by atoms with Crippen LogP contribution in [0.25, 0.3) is 0 Å². The minimum absolute atomic E-state index is 0.0944. The van der Waals surface area contributed by atoms with Gasteiger partial charge in [0.25, 0.3) is 0 Å². The van der Waals surface area contributed by atoms with Crippen LogP contribution in [0.2, 0.25) is 0 Å². The van der Waals surface area contributed by atoms with Crippen molar-refractivity contribution in [2.24, 2.45) is 17.8 Å². The van der Waals surface area contributed by atoms with Gasteiger partial charge in [-0.1, -0.05) is 27.7 Å². The lowest BCUT2D eigenvalue weighted by atomic mass is 9.70. The monoisotopic (exact) mass is 462 g/mol. The summed E-state index contributed by atoms with van der Waals surface area (Å²) in [5.41, 5.74) is 2.08. The Kier molecular flexibility index (Phi) is 5.48. The van der Waals surface area contributed by atoms with Gasteiger partial charge in [-0.05, 0) is 30.1 Å². The van der Waals surface area contributed by atoms with Crippen LogP contribution in [0.5, 0.6) is 0 Å². The van der Waals surface area contributed by atoms with Crippen molar-refractivity contribution in [3.63, 3.8) is 0 Å². The van der Waals surface area contributed by atoms with E-state index in [4.69, 9.17) is 15.0 Å². The molecule has 1 unspecified atom stereocenters. The molecule has 0 bridgehead atoms. The molecule has 0 amide bonds. The minimum Gasteiger partial charge on any atom is -0.351 e. The maximum atomic E-state index is 5.25. The topological polar surface area (TPSA) is 82.1 Å². The van der Waals surface area contributed by atoms with Gasteiger partial charge in [-0.2, -0.15) is 0 Å². The Labute approximate surface area is 203 Å². The van der Waals surface area contributed by atoms with Gasteiger partial charge in [0.15, 0.2) is 0 Å². The quantitative estimate of drug-likeness (QED) is 0.700. The van der Waals surface area contributed by atoms with Gasteiger partial charge in [-0.25, -0.2) is 9.97 Å². The first-order chi connectivity index (χ1) is 16.4. The molecule has 8 nitrogen and oxygen atoms in total. The molecule has 2 aromatic rings. The second kappa shape index (κ2) is 8.41. The smallest absolute Gasteiger partial charge is 0.147 e. The first kappa shape index (κ1) is 22.2. The molecule has 5 atom stereocenters. The van der Waals surface area contributed by atoms with E-state index in [1.807, 2.05) is 24.8 Å². The third-order valence-corrected chi connectivity index (χ3v) is 9.01. The summed E-state index contributed by atoms with van der Waals surface area (Å²) in [4.78, 5) is 24.5. The molecule has 6 rings (SSSR count). The summed E-state index contributed by atoms with van der Waals surface area (Å²) in [7, 11) is 0. The molecule has 4 aliphatic rings. The van der Waals surface area contributed by atoms with Crippen LogP contribution in [-0.4, -0.2) is 71.3 Å². The Morgan fingerprint density at radius 3 is 2.44 bits per heavy atom. The van der Waals surface area contributed by atoms with Gasteiger partial charge in [0.2, 0.25) is 0 Å². The lowest BCUT2D eigenvalue weighted by molar-refractivity contribution is 0.263. The summed E-state index contributed by atoms with van der Waals surface area (Å²) in [6, 6.07) is 1.01. The van der Waals surface area contributed by atoms with E-state index in [0.717, 1.165) is 68.2 Å². The zero-order valence-corrected chi connectivity index (χ0v) is 20.9. The van der Waals surface area contributed by atoms with E-state index in [9.17, 15) is 0 Å². The molecule has 4 saturated heterocycles. The summed E-state index contributed by atoms with van der Waals surface area (Å²) >= 11 is 0. The Balaban J connectivity index is 1.29. The number of nitrogens with zero attached hydrogens (tertiary/aromatic N) is 6. The Morgan fingerprint density at radius 1 is 0.882 bits per heavy atom. The van der Waals surface area contributed by atoms with Gasteiger partial charge in [0, 0.05) is 69.2 Å². The van der Waals surface area contributed by atoms with Crippen LogP contribution in [0, 0.1) is 17.8 Å². The summed E-state index contributed by atoms with van der Waals surface area (Å²) in [5, 5.41) is 7.21. The Hall–Kier alpha value is -2.32. The van der Waals surface area contributed by atoms with Crippen molar-refractivity contribution in [1.82, 2.24) is 30.6 Å². The standard InChI is InChI=1S/C26H38N8/c1-16(2)20-9-29-13-24(31-20)34-15-19(18-8-28-11-22(18)34)26(3,4)23-12-30-14-25(32-23)33-6-5-17-7-27-10-21(17)33/h9,12-14,16-19,21-22,27-28H,5-8,10-11,15H2,1-4H3/t17-,18-,19?,21+,22-/m1/s1. The molecule has 0 aromatic carbocycles. The largest absolute Gasteiger partial charge is 0.351 e. The van der Waals surface area contributed by atoms with E-state index in [0.29, 0.717) is 29.8 Å². The SMILES string of the molecule is CC(C)c1cncc(N2CC(C(C)(C)c3cncc(N4CC[C@@H]5CNC[C@@H]54)n3)[C@H]3CNC[C@H]32)n1. The molecule has 8 heteroatoms. The lowest BCUT2D eigenvalue weighted by Crippen LogP contribution is -2.39. The highest BCUT2D eigenvalue weighted by Crippen LogP contribution is 2.45. The van der Waals surface area contributed by atoms with Gasteiger partial charge in [0.1, 0.15) is 11.6 Å². The van der Waals surface area contributed by atoms with E-state index >= 15 is 0 Å². The van der Waals surface area contributed by atoms with Gasteiger partial charge in [-0.15, -0.1) is 0 Å². The molecule has 0 saturated carbocycles. The second-order valence-electron chi connectivity index (χ2n) is 11.6. The number of anilines is 2. The predicted molar refractivity (Wildman–Crippen MR) is 134 cm³/mol. The normalized spacial score (nSPS) is 30.9. The Morgan fingerprint density at radius 2 is 1.62 bits per heavy atom. The van der Waals surface area contributed by atoms with Crippen molar-refractivity contribution in [1.29, 1.82) is 0 Å². The van der Waals surface area contributed by atoms with Crippen molar-refractivity contribution >= 4 is 11.6 Å². The molecular formula is C26H38N8. The fourth-order valence-electron chi connectivity index (χ4n) is 6.86. The van der Waals surface area contributed by atoms with E-state index in [1.165, 1.54) is 6.42 Å². The van der Waals surface area contributed by atoms with Crippen molar-refractivity contribution in [3.05, 3.63) is 36.2 Å². The van der Waals surface area contributed by atoms with Crippen LogP contribution in [0.15, 0.2) is 24.8 Å². The maximum absolute atomic E-state index is 5.25. The number of fused-ring (bicyclic) bond motifs is 2. The molecule has 4 aliphatic heterocycles. The van der Waals surface area contributed by atoms with Crippen molar-refractivity contribution in [2.45, 2.75) is 57.5 Å². The molecule has 0 radical (unpaired) electrons. The fraction of sp³-hybridized carbons (Fsp3) is 0.692. The van der Waals surface area contributed by atoms with Crippen LogP contribution in [0.3, 0.4) is 0 Å². The van der Waals surface area contributed by atoms with Gasteiger partial charge in [-0.3, -0.25) is 9.97 Å². The lowest BCUT2D eigenvalue weighted by Gasteiger charge is -2.35. The van der Waals surface area contributed by atoms with Gasteiger partial charge in [0.05, 0.1) is 23.8 Å². The molecule has 2 N–H and O–H groups in total.